The molecule has 0 amide bonds. The van der Waals surface area contributed by atoms with Crippen molar-refractivity contribution in [2.45, 2.75) is 38.4 Å². The number of hydrogen-bond donors (Lipinski definition) is 2. The van der Waals surface area contributed by atoms with Crippen molar-refractivity contribution in [2.75, 3.05) is 6.61 Å². The summed E-state index contributed by atoms with van der Waals surface area (Å²) in [6.07, 6.45) is -4.52. The fourth-order valence-electron chi connectivity index (χ4n) is 1.82. The summed E-state index contributed by atoms with van der Waals surface area (Å²) in [5.41, 5.74) is 3.40. The molecule has 0 saturated carbocycles. The van der Waals surface area contributed by atoms with Gasteiger partial charge in [-0.25, -0.2) is 0 Å². The van der Waals surface area contributed by atoms with Crippen molar-refractivity contribution >= 4 is 0 Å². The smallest absolute Gasteiger partial charge is 0.389 e. The number of rotatable bonds is 7. The van der Waals surface area contributed by atoms with Gasteiger partial charge < -0.3 is 4.74 Å². The third-order valence-corrected chi connectivity index (χ3v) is 2.75. The highest BCUT2D eigenvalue weighted by atomic mass is 19.4. The highest BCUT2D eigenvalue weighted by Crippen LogP contribution is 2.26. The van der Waals surface area contributed by atoms with Gasteiger partial charge in [0, 0.05) is 12.5 Å². The van der Waals surface area contributed by atoms with Gasteiger partial charge in [0.2, 0.25) is 0 Å². The van der Waals surface area contributed by atoms with E-state index in [9.17, 15) is 13.2 Å². The molecular weight excluding hydrogens is 257 g/mol. The molecule has 0 heterocycles. The fourth-order valence-corrected chi connectivity index (χ4v) is 1.82. The minimum Gasteiger partial charge on any atom is -0.494 e. The molecule has 3 N–H and O–H groups in total. The lowest BCUT2D eigenvalue weighted by Gasteiger charge is -2.17. The molecule has 0 aliphatic carbocycles. The number of hydrazine groups is 1. The van der Waals surface area contributed by atoms with Crippen LogP contribution < -0.4 is 16.0 Å². The summed E-state index contributed by atoms with van der Waals surface area (Å²) < 4.78 is 41.5. The summed E-state index contributed by atoms with van der Waals surface area (Å²) in [6.45, 7) is 2.46. The van der Waals surface area contributed by atoms with Gasteiger partial charge in [0.15, 0.2) is 0 Å². The van der Waals surface area contributed by atoms with Crippen LogP contribution in [0, 0.1) is 0 Å². The maximum atomic E-state index is 12.1. The van der Waals surface area contributed by atoms with Crippen LogP contribution in [0.15, 0.2) is 24.3 Å². The van der Waals surface area contributed by atoms with E-state index in [0.29, 0.717) is 13.0 Å². The molecule has 1 aromatic carbocycles. The molecule has 6 heteroatoms. The highest BCUT2D eigenvalue weighted by molar-refractivity contribution is 5.29. The van der Waals surface area contributed by atoms with E-state index in [1.165, 1.54) is 0 Å². The Morgan fingerprint density at radius 1 is 1.26 bits per heavy atom. The van der Waals surface area contributed by atoms with E-state index >= 15 is 0 Å². The van der Waals surface area contributed by atoms with Crippen LogP contribution in [0.5, 0.6) is 5.75 Å². The fraction of sp³-hybridized carbons (Fsp3) is 0.538. The van der Waals surface area contributed by atoms with Crippen LogP contribution in [-0.2, 0) is 0 Å². The third-order valence-electron chi connectivity index (χ3n) is 2.75. The molecule has 108 valence electrons. The Kier molecular flexibility index (Phi) is 6.11. The Balaban J connectivity index is 2.54. The van der Waals surface area contributed by atoms with Crippen LogP contribution >= 0.6 is 0 Å². The predicted molar refractivity (Wildman–Crippen MR) is 67.6 cm³/mol. The van der Waals surface area contributed by atoms with Gasteiger partial charge >= 0.3 is 6.18 Å². The Hall–Kier alpha value is -1.27. The van der Waals surface area contributed by atoms with Gasteiger partial charge in [-0.15, -0.1) is 0 Å². The van der Waals surface area contributed by atoms with Crippen molar-refractivity contribution in [1.29, 1.82) is 0 Å². The monoisotopic (exact) mass is 276 g/mol. The van der Waals surface area contributed by atoms with Crippen LogP contribution in [-0.4, -0.2) is 12.8 Å². The van der Waals surface area contributed by atoms with E-state index < -0.39 is 12.6 Å². The van der Waals surface area contributed by atoms with Crippen LogP contribution in [0.4, 0.5) is 13.2 Å². The van der Waals surface area contributed by atoms with Crippen LogP contribution in [0.25, 0.3) is 0 Å². The first kappa shape index (κ1) is 15.8. The van der Waals surface area contributed by atoms with E-state index in [1.807, 2.05) is 19.1 Å². The molecule has 0 aliphatic rings. The topological polar surface area (TPSA) is 47.3 Å². The number of hydrogen-bond acceptors (Lipinski definition) is 3. The quantitative estimate of drug-likeness (QED) is 0.593. The number of benzene rings is 1. The Morgan fingerprint density at radius 3 is 2.37 bits per heavy atom. The van der Waals surface area contributed by atoms with E-state index in [4.69, 9.17) is 10.6 Å². The number of ether oxygens (including phenoxy) is 1. The predicted octanol–water partition coefficient (Wildman–Crippen LogP) is 3.32. The minimum atomic E-state index is -4.11. The summed E-state index contributed by atoms with van der Waals surface area (Å²) in [7, 11) is 0. The van der Waals surface area contributed by atoms with Gasteiger partial charge in [0.25, 0.3) is 0 Å². The summed E-state index contributed by atoms with van der Waals surface area (Å²) in [4.78, 5) is 0. The Bertz CT molecular complexity index is 365. The summed E-state index contributed by atoms with van der Waals surface area (Å²) in [5, 5.41) is 0. The lowest BCUT2D eigenvalue weighted by atomic mass is 10.0. The largest absolute Gasteiger partial charge is 0.494 e. The first-order valence-corrected chi connectivity index (χ1v) is 6.22. The first-order chi connectivity index (χ1) is 8.96. The zero-order valence-electron chi connectivity index (χ0n) is 10.8. The zero-order valence-corrected chi connectivity index (χ0v) is 10.8. The molecule has 0 aliphatic heterocycles. The number of nitrogens with two attached hydrogens (primary N) is 1. The van der Waals surface area contributed by atoms with Crippen molar-refractivity contribution in [3.05, 3.63) is 29.8 Å². The highest BCUT2D eigenvalue weighted by Gasteiger charge is 2.26. The van der Waals surface area contributed by atoms with Crippen molar-refractivity contribution in [2.24, 2.45) is 5.84 Å². The zero-order chi connectivity index (χ0) is 14.3. The molecule has 19 heavy (non-hydrogen) atoms. The number of halogens is 3. The van der Waals surface area contributed by atoms with Gasteiger partial charge in [-0.3, -0.25) is 11.3 Å². The molecule has 3 nitrogen and oxygen atoms in total. The van der Waals surface area contributed by atoms with Crippen LogP contribution in [0.2, 0.25) is 0 Å². The van der Waals surface area contributed by atoms with Crippen molar-refractivity contribution in [1.82, 2.24) is 5.43 Å². The van der Waals surface area contributed by atoms with Crippen molar-refractivity contribution < 1.29 is 17.9 Å². The Labute approximate surface area is 110 Å². The molecule has 1 unspecified atom stereocenters. The maximum Gasteiger partial charge on any atom is 0.389 e. The molecule has 0 bridgehead atoms. The first-order valence-electron chi connectivity index (χ1n) is 6.22. The molecule has 0 aromatic heterocycles. The summed E-state index contributed by atoms with van der Waals surface area (Å²) >= 11 is 0. The average Bonchev–Trinajstić information content (AvgIpc) is 2.35. The number of nitrogens with one attached hydrogen (secondary N) is 1. The molecule has 0 fully saturated rings. The van der Waals surface area contributed by atoms with Gasteiger partial charge in [-0.1, -0.05) is 12.1 Å². The van der Waals surface area contributed by atoms with E-state index in [2.05, 4.69) is 5.43 Å². The normalized spacial score (nSPS) is 13.3. The van der Waals surface area contributed by atoms with Crippen molar-refractivity contribution in [3.63, 3.8) is 0 Å². The lowest BCUT2D eigenvalue weighted by molar-refractivity contribution is -0.135. The second kappa shape index (κ2) is 7.35. The van der Waals surface area contributed by atoms with Crippen LogP contribution in [0.3, 0.4) is 0 Å². The van der Waals surface area contributed by atoms with E-state index in [0.717, 1.165) is 11.3 Å². The molecule has 1 rings (SSSR count). The second-order valence-electron chi connectivity index (χ2n) is 4.23. The summed E-state index contributed by atoms with van der Waals surface area (Å²) in [5.74, 6) is 6.12. The van der Waals surface area contributed by atoms with Gasteiger partial charge in [0.05, 0.1) is 6.61 Å². The second-order valence-corrected chi connectivity index (χ2v) is 4.23. The molecule has 1 atom stereocenters. The number of alkyl halides is 3. The SMILES string of the molecule is CCOc1ccc(C(CCCC(F)(F)F)NN)cc1. The van der Waals surface area contributed by atoms with Gasteiger partial charge in [-0.2, -0.15) is 13.2 Å². The Morgan fingerprint density at radius 2 is 1.89 bits per heavy atom. The third kappa shape index (κ3) is 5.94. The maximum absolute atomic E-state index is 12.1. The molecule has 1 aromatic rings. The van der Waals surface area contributed by atoms with Gasteiger partial charge in [0.1, 0.15) is 5.75 Å². The summed E-state index contributed by atoms with van der Waals surface area (Å²) in [6, 6.07) is 6.91. The molecule has 0 spiro atoms. The molecular formula is C13H19F3N2O. The molecule has 0 radical (unpaired) electrons. The standard InChI is InChI=1S/C13H19F3N2O/c1-2-19-11-7-5-10(6-8-11)12(18-17)4-3-9-13(14,15)16/h5-8,12,18H,2-4,9,17H2,1H3. The van der Waals surface area contributed by atoms with E-state index in [1.54, 1.807) is 12.1 Å². The van der Waals surface area contributed by atoms with E-state index in [-0.39, 0.29) is 12.5 Å². The van der Waals surface area contributed by atoms with Crippen molar-refractivity contribution in [3.8, 4) is 5.75 Å². The molecule has 0 saturated heterocycles. The minimum absolute atomic E-state index is 0.0472. The van der Waals surface area contributed by atoms with Gasteiger partial charge in [-0.05, 0) is 37.5 Å². The average molecular weight is 276 g/mol. The van der Waals surface area contributed by atoms with Crippen LogP contribution in [0.1, 0.15) is 37.8 Å². The lowest BCUT2D eigenvalue weighted by Crippen LogP contribution is -2.28.